The summed E-state index contributed by atoms with van der Waals surface area (Å²) in [5.41, 5.74) is -1.94. The predicted octanol–water partition coefficient (Wildman–Crippen LogP) is 1.23. The highest BCUT2D eigenvalue weighted by atomic mass is 32.2. The molecule has 0 bridgehead atoms. The monoisotopic (exact) mass is 464 g/mol. The van der Waals surface area contributed by atoms with E-state index in [1.807, 2.05) is 0 Å². The maximum atomic E-state index is 12.5. The molecule has 11 heteroatoms. The van der Waals surface area contributed by atoms with Gasteiger partial charge < -0.3 is 14.2 Å². The predicted molar refractivity (Wildman–Crippen MR) is 112 cm³/mol. The minimum atomic E-state index is -3.29. The van der Waals surface area contributed by atoms with E-state index in [0.717, 1.165) is 6.26 Å². The van der Waals surface area contributed by atoms with Crippen LogP contribution in [0.4, 0.5) is 4.79 Å². The second kappa shape index (κ2) is 9.53. The van der Waals surface area contributed by atoms with Gasteiger partial charge in [0.1, 0.15) is 17.6 Å². The lowest BCUT2D eigenvalue weighted by molar-refractivity contribution is -0.158. The van der Waals surface area contributed by atoms with Gasteiger partial charge in [0.2, 0.25) is 0 Å². The first-order chi connectivity index (χ1) is 15.1. The fourth-order valence-corrected chi connectivity index (χ4v) is 3.79. The fraction of sp³-hybridized carbons (Fsp3) is 0.381. The number of carbonyl (C=O) groups excluding carboxylic acids is 3. The number of imide groups is 2. The second-order valence-electron chi connectivity index (χ2n) is 7.21. The van der Waals surface area contributed by atoms with Crippen molar-refractivity contribution in [2.24, 2.45) is 0 Å². The van der Waals surface area contributed by atoms with Gasteiger partial charge in [0, 0.05) is 25.7 Å². The van der Waals surface area contributed by atoms with Gasteiger partial charge in [0.05, 0.1) is 11.5 Å². The Bertz CT molecular complexity index is 1040. The molecule has 4 amide bonds. The molecule has 2 N–H and O–H groups in total. The van der Waals surface area contributed by atoms with E-state index in [1.165, 1.54) is 12.1 Å². The van der Waals surface area contributed by atoms with E-state index in [1.54, 1.807) is 37.3 Å². The number of urea groups is 1. The summed E-state index contributed by atoms with van der Waals surface area (Å²) in [5, 5.41) is 4.13. The molecule has 3 rings (SSSR count). The Balaban J connectivity index is 1.67. The van der Waals surface area contributed by atoms with Crippen LogP contribution in [0.1, 0.15) is 19.8 Å². The number of barbiturate groups is 1. The minimum Gasteiger partial charge on any atom is -0.486 e. The Morgan fingerprint density at radius 3 is 2.28 bits per heavy atom. The molecule has 1 heterocycles. The molecule has 1 aliphatic heterocycles. The number of hydrogen-bond donors (Lipinski definition) is 2. The van der Waals surface area contributed by atoms with Crippen molar-refractivity contribution >= 4 is 27.7 Å². The molecule has 1 aromatic rings. The molecule has 1 fully saturated rings. The molecule has 1 saturated heterocycles. The molecule has 0 saturated carbocycles. The van der Waals surface area contributed by atoms with Gasteiger partial charge in [-0.05, 0) is 49.4 Å². The number of ether oxygens (including phenoxy) is 3. The van der Waals surface area contributed by atoms with Crippen LogP contribution in [0.15, 0.2) is 53.1 Å². The summed E-state index contributed by atoms with van der Waals surface area (Å²) >= 11 is 0. The van der Waals surface area contributed by atoms with Crippen LogP contribution in [-0.4, -0.2) is 57.4 Å². The SMILES string of the molecule is CCOCCC1(OC2=CCC(Oc3ccc(S(C)(=O)=O)cc3)C=C2)C(=O)NC(=O)NC1=O. The summed E-state index contributed by atoms with van der Waals surface area (Å²) in [6, 6.07) is 5.16. The van der Waals surface area contributed by atoms with Crippen LogP contribution in [0.5, 0.6) is 5.75 Å². The highest BCUT2D eigenvalue weighted by Crippen LogP contribution is 2.27. The molecule has 0 aromatic heterocycles. The minimum absolute atomic E-state index is 0.0798. The average molecular weight is 464 g/mol. The Morgan fingerprint density at radius 1 is 1.09 bits per heavy atom. The summed E-state index contributed by atoms with van der Waals surface area (Å²) < 4.78 is 40.0. The number of carbonyl (C=O) groups is 3. The standard InChI is InChI=1S/C21H24N2O8S/c1-3-29-13-12-21(18(24)22-20(26)23-19(21)25)31-16-6-4-14(5-7-16)30-15-8-10-17(11-9-15)32(2,27)28/h4,6-11,14H,3,5,12-13H2,1-2H3,(H2,22,23,24,25,26). The second-order valence-corrected chi connectivity index (χ2v) is 9.23. The quantitative estimate of drug-likeness (QED) is 0.411. The van der Waals surface area contributed by atoms with Gasteiger partial charge in [-0.15, -0.1) is 0 Å². The third-order valence-electron chi connectivity index (χ3n) is 4.85. The third kappa shape index (κ3) is 5.35. The summed E-state index contributed by atoms with van der Waals surface area (Å²) in [6.07, 6.45) is 5.99. The number of nitrogens with one attached hydrogen (secondary N) is 2. The molecule has 172 valence electrons. The average Bonchev–Trinajstić information content (AvgIpc) is 2.73. The van der Waals surface area contributed by atoms with Gasteiger partial charge in [-0.1, -0.05) is 0 Å². The van der Waals surface area contributed by atoms with Crippen LogP contribution in [0.2, 0.25) is 0 Å². The number of rotatable bonds is 9. The third-order valence-corrected chi connectivity index (χ3v) is 5.98. The molecule has 10 nitrogen and oxygen atoms in total. The first-order valence-corrected chi connectivity index (χ1v) is 11.8. The number of amides is 4. The highest BCUT2D eigenvalue weighted by Gasteiger charge is 2.53. The number of hydrogen-bond acceptors (Lipinski definition) is 8. The Labute approximate surface area is 185 Å². The first kappa shape index (κ1) is 23.5. The van der Waals surface area contributed by atoms with Crippen LogP contribution in [0.3, 0.4) is 0 Å². The molecular weight excluding hydrogens is 440 g/mol. The van der Waals surface area contributed by atoms with Crippen molar-refractivity contribution < 1.29 is 37.0 Å². The van der Waals surface area contributed by atoms with Crippen molar-refractivity contribution in [3.8, 4) is 5.75 Å². The smallest absolute Gasteiger partial charge is 0.328 e. The van der Waals surface area contributed by atoms with Gasteiger partial charge in [0.15, 0.2) is 9.84 Å². The van der Waals surface area contributed by atoms with Crippen LogP contribution in [0.25, 0.3) is 0 Å². The number of benzene rings is 1. The van der Waals surface area contributed by atoms with Crippen molar-refractivity contribution in [3.05, 3.63) is 48.3 Å². The Hall–Kier alpha value is -3.18. The maximum Gasteiger partial charge on any atom is 0.328 e. The van der Waals surface area contributed by atoms with E-state index in [4.69, 9.17) is 14.2 Å². The van der Waals surface area contributed by atoms with Crippen LogP contribution in [-0.2, 0) is 28.9 Å². The van der Waals surface area contributed by atoms with Gasteiger partial charge in [0.25, 0.3) is 17.4 Å². The molecule has 32 heavy (non-hydrogen) atoms. The highest BCUT2D eigenvalue weighted by molar-refractivity contribution is 7.90. The van der Waals surface area contributed by atoms with E-state index < -0.39 is 33.3 Å². The Morgan fingerprint density at radius 2 is 1.75 bits per heavy atom. The van der Waals surface area contributed by atoms with E-state index in [0.29, 0.717) is 18.8 Å². The lowest BCUT2D eigenvalue weighted by Crippen LogP contribution is -2.67. The van der Waals surface area contributed by atoms with Crippen LogP contribution < -0.4 is 15.4 Å². The topological polar surface area (TPSA) is 137 Å². The van der Waals surface area contributed by atoms with Gasteiger partial charge >= 0.3 is 6.03 Å². The Kier molecular flexibility index (Phi) is 6.99. The van der Waals surface area contributed by atoms with Crippen molar-refractivity contribution in [3.63, 3.8) is 0 Å². The van der Waals surface area contributed by atoms with Crippen molar-refractivity contribution in [2.45, 2.75) is 36.4 Å². The molecule has 0 radical (unpaired) electrons. The molecule has 1 unspecified atom stereocenters. The molecule has 1 aromatic carbocycles. The van der Waals surface area contributed by atoms with Crippen LogP contribution >= 0.6 is 0 Å². The first-order valence-electron chi connectivity index (χ1n) is 9.93. The molecule has 0 spiro atoms. The number of allylic oxidation sites excluding steroid dienone is 1. The normalized spacial score (nSPS) is 20.2. The van der Waals surface area contributed by atoms with E-state index in [9.17, 15) is 22.8 Å². The fourth-order valence-electron chi connectivity index (χ4n) is 3.16. The van der Waals surface area contributed by atoms with Crippen molar-refractivity contribution in [2.75, 3.05) is 19.5 Å². The van der Waals surface area contributed by atoms with Crippen molar-refractivity contribution in [1.82, 2.24) is 10.6 Å². The molecule has 2 aliphatic rings. The maximum absolute atomic E-state index is 12.5. The molecule has 1 atom stereocenters. The lowest BCUT2D eigenvalue weighted by Gasteiger charge is -2.35. The summed E-state index contributed by atoms with van der Waals surface area (Å²) in [7, 11) is -3.29. The summed E-state index contributed by atoms with van der Waals surface area (Å²) in [6.45, 7) is 2.25. The van der Waals surface area contributed by atoms with Gasteiger partial charge in [-0.3, -0.25) is 20.2 Å². The van der Waals surface area contributed by atoms with Gasteiger partial charge in [-0.2, -0.15) is 0 Å². The summed E-state index contributed by atoms with van der Waals surface area (Å²) in [5.74, 6) is -0.954. The lowest BCUT2D eigenvalue weighted by atomic mass is 9.95. The van der Waals surface area contributed by atoms with E-state index in [-0.39, 0.29) is 29.8 Å². The largest absolute Gasteiger partial charge is 0.486 e. The van der Waals surface area contributed by atoms with E-state index >= 15 is 0 Å². The molecular formula is C21H24N2O8S. The van der Waals surface area contributed by atoms with Crippen LogP contribution in [0, 0.1) is 0 Å². The summed E-state index contributed by atoms with van der Waals surface area (Å²) in [4.78, 5) is 36.7. The van der Waals surface area contributed by atoms with Crippen molar-refractivity contribution in [1.29, 1.82) is 0 Å². The zero-order valence-corrected chi connectivity index (χ0v) is 18.4. The zero-order chi connectivity index (χ0) is 23.4. The van der Waals surface area contributed by atoms with Gasteiger partial charge in [-0.25, -0.2) is 13.2 Å². The molecule has 1 aliphatic carbocycles. The number of sulfone groups is 1. The zero-order valence-electron chi connectivity index (χ0n) is 17.6. The van der Waals surface area contributed by atoms with E-state index in [2.05, 4.69) is 10.6 Å².